The lowest BCUT2D eigenvalue weighted by molar-refractivity contribution is 0.0734. The Hall–Kier alpha value is -4.00. The van der Waals surface area contributed by atoms with Crippen molar-refractivity contribution in [2.24, 2.45) is 0 Å². The van der Waals surface area contributed by atoms with E-state index in [2.05, 4.69) is 9.97 Å². The van der Waals surface area contributed by atoms with E-state index in [9.17, 15) is 14.4 Å². The summed E-state index contributed by atoms with van der Waals surface area (Å²) in [5, 5.41) is 0.213. The van der Waals surface area contributed by atoms with Crippen LogP contribution in [-0.4, -0.2) is 15.9 Å². The standard InChI is InChI=1S/C20H12N2O5/c23-16-10-17(27-18-15(16)7-9-22-19(18)24)12-3-5-14(6-4-12)26-20(25)13-2-1-8-21-11-13/h1-11H,(H,22,24). The third kappa shape index (κ3) is 3.25. The molecule has 7 heteroatoms. The van der Waals surface area contributed by atoms with Crippen LogP contribution in [0.4, 0.5) is 0 Å². The summed E-state index contributed by atoms with van der Waals surface area (Å²) in [5.41, 5.74) is 0.0738. The average molecular weight is 360 g/mol. The number of aromatic amines is 1. The van der Waals surface area contributed by atoms with Crippen molar-refractivity contribution in [1.29, 1.82) is 0 Å². The Kier molecular flexibility index (Phi) is 4.10. The molecule has 0 aliphatic rings. The fourth-order valence-corrected chi connectivity index (χ4v) is 2.57. The Morgan fingerprint density at radius 3 is 2.63 bits per heavy atom. The van der Waals surface area contributed by atoms with Crippen LogP contribution in [0.1, 0.15) is 10.4 Å². The second-order valence-corrected chi connectivity index (χ2v) is 5.68. The monoisotopic (exact) mass is 360 g/mol. The maximum Gasteiger partial charge on any atom is 0.345 e. The number of fused-ring (bicyclic) bond motifs is 1. The van der Waals surface area contributed by atoms with Crippen molar-refractivity contribution in [3.8, 4) is 17.1 Å². The number of nitrogens with one attached hydrogen (secondary N) is 1. The number of rotatable bonds is 3. The summed E-state index contributed by atoms with van der Waals surface area (Å²) in [5.74, 6) is 0.0440. The lowest BCUT2D eigenvalue weighted by Gasteiger charge is -2.06. The van der Waals surface area contributed by atoms with Gasteiger partial charge >= 0.3 is 5.97 Å². The van der Waals surface area contributed by atoms with E-state index in [-0.39, 0.29) is 22.2 Å². The SMILES string of the molecule is O=C(Oc1ccc(-c2cc(=O)c3cc[nH]c(=O)c3o2)cc1)c1cccnc1. The van der Waals surface area contributed by atoms with Crippen molar-refractivity contribution >= 4 is 16.9 Å². The maximum atomic E-state index is 12.2. The van der Waals surface area contributed by atoms with Crippen molar-refractivity contribution in [3.05, 3.63) is 93.3 Å². The number of hydrogen-bond donors (Lipinski definition) is 1. The number of H-pyrrole nitrogens is 1. The fraction of sp³-hybridized carbons (Fsp3) is 0. The first-order chi connectivity index (χ1) is 13.1. The minimum absolute atomic E-state index is 0.0351. The van der Waals surface area contributed by atoms with E-state index in [4.69, 9.17) is 9.15 Å². The Labute approximate surface area is 151 Å². The van der Waals surface area contributed by atoms with Crippen molar-refractivity contribution < 1.29 is 13.9 Å². The summed E-state index contributed by atoms with van der Waals surface area (Å²) in [7, 11) is 0. The van der Waals surface area contributed by atoms with Crippen molar-refractivity contribution in [2.75, 3.05) is 0 Å². The number of nitrogens with zero attached hydrogens (tertiary/aromatic N) is 1. The zero-order valence-corrected chi connectivity index (χ0v) is 13.8. The number of carbonyl (C=O) groups excluding carboxylic acids is 1. The highest BCUT2D eigenvalue weighted by Crippen LogP contribution is 2.23. The predicted octanol–water partition coefficient (Wildman–Crippen LogP) is 2.76. The van der Waals surface area contributed by atoms with Gasteiger partial charge in [-0.05, 0) is 42.5 Å². The van der Waals surface area contributed by atoms with Gasteiger partial charge in [0.15, 0.2) is 5.43 Å². The molecule has 0 aliphatic heterocycles. The number of pyridine rings is 2. The molecule has 1 aromatic carbocycles. The molecule has 1 N–H and O–H groups in total. The van der Waals surface area contributed by atoms with Crippen LogP contribution in [0.15, 0.2) is 81.1 Å². The number of carbonyl (C=O) groups is 1. The highest BCUT2D eigenvalue weighted by molar-refractivity contribution is 5.90. The van der Waals surface area contributed by atoms with E-state index in [1.54, 1.807) is 42.6 Å². The molecule has 0 atom stereocenters. The highest BCUT2D eigenvalue weighted by Gasteiger charge is 2.11. The van der Waals surface area contributed by atoms with E-state index in [1.165, 1.54) is 24.5 Å². The van der Waals surface area contributed by atoms with Gasteiger partial charge in [-0.1, -0.05) is 0 Å². The molecular formula is C20H12N2O5. The summed E-state index contributed by atoms with van der Waals surface area (Å²) in [6, 6.07) is 12.5. The first-order valence-corrected chi connectivity index (χ1v) is 8.00. The summed E-state index contributed by atoms with van der Waals surface area (Å²) in [6.07, 6.45) is 4.37. The van der Waals surface area contributed by atoms with Gasteiger partial charge in [0.1, 0.15) is 11.5 Å². The van der Waals surface area contributed by atoms with Gasteiger partial charge in [-0.25, -0.2) is 4.79 Å². The van der Waals surface area contributed by atoms with Crippen molar-refractivity contribution in [1.82, 2.24) is 9.97 Å². The smallest absolute Gasteiger partial charge is 0.345 e. The van der Waals surface area contributed by atoms with Crippen molar-refractivity contribution in [3.63, 3.8) is 0 Å². The van der Waals surface area contributed by atoms with Gasteiger partial charge in [-0.15, -0.1) is 0 Å². The van der Waals surface area contributed by atoms with Crippen molar-refractivity contribution in [2.45, 2.75) is 0 Å². The third-order valence-corrected chi connectivity index (χ3v) is 3.90. The Bertz CT molecular complexity index is 1240. The molecule has 4 rings (SSSR count). The number of hydrogen-bond acceptors (Lipinski definition) is 6. The van der Waals surface area contributed by atoms with E-state index < -0.39 is 11.5 Å². The molecule has 4 aromatic rings. The number of ether oxygens (including phenoxy) is 1. The van der Waals surface area contributed by atoms with Crippen LogP contribution in [0.25, 0.3) is 22.3 Å². The molecule has 3 aromatic heterocycles. The third-order valence-electron chi connectivity index (χ3n) is 3.90. The molecular weight excluding hydrogens is 348 g/mol. The van der Waals surface area contributed by atoms with E-state index in [1.807, 2.05) is 0 Å². The normalized spacial score (nSPS) is 10.7. The largest absolute Gasteiger partial charge is 0.450 e. The summed E-state index contributed by atoms with van der Waals surface area (Å²) < 4.78 is 10.9. The molecule has 3 heterocycles. The first-order valence-electron chi connectivity index (χ1n) is 8.00. The molecule has 0 radical (unpaired) electrons. The number of aromatic nitrogens is 2. The van der Waals surface area contributed by atoms with Gasteiger partial charge < -0.3 is 14.1 Å². The van der Waals surface area contributed by atoms with E-state index in [0.29, 0.717) is 16.9 Å². The molecule has 0 saturated carbocycles. The lowest BCUT2D eigenvalue weighted by atomic mass is 10.1. The summed E-state index contributed by atoms with van der Waals surface area (Å²) in [4.78, 5) is 42.5. The molecule has 0 saturated heterocycles. The Balaban J connectivity index is 1.64. The highest BCUT2D eigenvalue weighted by atomic mass is 16.5. The number of esters is 1. The van der Waals surface area contributed by atoms with Gasteiger partial charge in [0.05, 0.1) is 10.9 Å². The van der Waals surface area contributed by atoms with Gasteiger partial charge in [0, 0.05) is 30.2 Å². The zero-order chi connectivity index (χ0) is 18.8. The van der Waals surface area contributed by atoms with E-state index in [0.717, 1.165) is 0 Å². The topological polar surface area (TPSA) is 102 Å². The molecule has 0 spiro atoms. The Morgan fingerprint density at radius 2 is 1.89 bits per heavy atom. The molecule has 0 aliphatic carbocycles. The molecule has 0 fully saturated rings. The molecule has 27 heavy (non-hydrogen) atoms. The van der Waals surface area contributed by atoms with Crippen LogP contribution in [0, 0.1) is 0 Å². The first kappa shape index (κ1) is 16.5. The van der Waals surface area contributed by atoms with Gasteiger partial charge in [-0.2, -0.15) is 0 Å². The van der Waals surface area contributed by atoms with Gasteiger partial charge in [-0.3, -0.25) is 14.6 Å². The Morgan fingerprint density at radius 1 is 1.07 bits per heavy atom. The van der Waals surface area contributed by atoms with E-state index >= 15 is 0 Å². The zero-order valence-electron chi connectivity index (χ0n) is 13.8. The average Bonchev–Trinajstić information content (AvgIpc) is 2.70. The second kappa shape index (κ2) is 6.72. The minimum atomic E-state index is -0.528. The van der Waals surface area contributed by atoms with Crippen LogP contribution in [-0.2, 0) is 0 Å². The maximum absolute atomic E-state index is 12.2. The minimum Gasteiger partial charge on any atom is -0.450 e. The van der Waals surface area contributed by atoms with Crippen LogP contribution in [0.5, 0.6) is 5.75 Å². The predicted molar refractivity (Wildman–Crippen MR) is 97.7 cm³/mol. The molecule has 0 bridgehead atoms. The van der Waals surface area contributed by atoms with Gasteiger partial charge in [0.2, 0.25) is 5.58 Å². The molecule has 7 nitrogen and oxygen atoms in total. The molecule has 132 valence electrons. The molecule has 0 unspecified atom stereocenters. The lowest BCUT2D eigenvalue weighted by Crippen LogP contribution is -2.10. The quantitative estimate of drug-likeness (QED) is 0.445. The summed E-state index contributed by atoms with van der Waals surface area (Å²) >= 11 is 0. The van der Waals surface area contributed by atoms with Crippen LogP contribution in [0.2, 0.25) is 0 Å². The fourth-order valence-electron chi connectivity index (χ4n) is 2.57. The molecule has 0 amide bonds. The second-order valence-electron chi connectivity index (χ2n) is 5.68. The van der Waals surface area contributed by atoms with Crippen LogP contribution >= 0.6 is 0 Å². The summed E-state index contributed by atoms with van der Waals surface area (Å²) in [6.45, 7) is 0. The van der Waals surface area contributed by atoms with Crippen LogP contribution in [0.3, 0.4) is 0 Å². The number of benzene rings is 1. The van der Waals surface area contributed by atoms with Crippen LogP contribution < -0.4 is 15.7 Å². The van der Waals surface area contributed by atoms with Gasteiger partial charge in [0.25, 0.3) is 5.56 Å².